The van der Waals surface area contributed by atoms with Crippen molar-refractivity contribution in [2.24, 2.45) is 0 Å². The van der Waals surface area contributed by atoms with Crippen molar-refractivity contribution in [1.29, 1.82) is 5.26 Å². The minimum Gasteiger partial charge on any atom is -0.296 e. The number of nitrogens with zero attached hydrogens (tertiary/aromatic N) is 2. The fourth-order valence-electron chi connectivity index (χ4n) is 2.56. The monoisotopic (exact) mass is 232 g/mol. The molecule has 90 valence electrons. The van der Waals surface area contributed by atoms with Gasteiger partial charge in [0.05, 0.1) is 5.56 Å². The second-order valence-electron chi connectivity index (χ2n) is 4.60. The van der Waals surface area contributed by atoms with E-state index in [2.05, 4.69) is 11.8 Å². The lowest BCUT2D eigenvalue weighted by Crippen LogP contribution is -2.28. The molecule has 1 aliphatic rings. The topological polar surface area (TPSA) is 27.0 Å². The normalized spacial score (nSPS) is 20.4. The van der Waals surface area contributed by atoms with Gasteiger partial charge in [-0.15, -0.1) is 0 Å². The van der Waals surface area contributed by atoms with E-state index >= 15 is 0 Å². The predicted molar refractivity (Wildman–Crippen MR) is 64.8 cm³/mol. The Bertz CT molecular complexity index is 436. The van der Waals surface area contributed by atoms with Crippen molar-refractivity contribution in [2.75, 3.05) is 6.54 Å². The van der Waals surface area contributed by atoms with Crippen LogP contribution in [0, 0.1) is 17.1 Å². The summed E-state index contributed by atoms with van der Waals surface area (Å²) in [4.78, 5) is 2.42. The van der Waals surface area contributed by atoms with E-state index in [0.29, 0.717) is 6.04 Å². The SMILES string of the molecule is CCC1CCCN1Cc1ccc(F)c(C#N)c1. The van der Waals surface area contributed by atoms with Gasteiger partial charge in [0, 0.05) is 12.6 Å². The van der Waals surface area contributed by atoms with E-state index in [1.54, 1.807) is 12.1 Å². The van der Waals surface area contributed by atoms with Gasteiger partial charge >= 0.3 is 0 Å². The standard InChI is InChI=1S/C14H17FN2/c1-2-13-4-3-7-17(13)10-11-5-6-14(15)12(8-11)9-16/h5-6,8,13H,2-4,7,10H2,1H3. The van der Waals surface area contributed by atoms with Crippen LogP contribution in [0.15, 0.2) is 18.2 Å². The molecule has 1 heterocycles. The van der Waals surface area contributed by atoms with Crippen molar-refractivity contribution < 1.29 is 4.39 Å². The Morgan fingerprint density at radius 1 is 1.53 bits per heavy atom. The highest BCUT2D eigenvalue weighted by Gasteiger charge is 2.22. The van der Waals surface area contributed by atoms with E-state index < -0.39 is 5.82 Å². The Labute approximate surface area is 102 Å². The molecule has 1 atom stereocenters. The molecule has 0 N–H and O–H groups in total. The fourth-order valence-corrected chi connectivity index (χ4v) is 2.56. The van der Waals surface area contributed by atoms with Crippen LogP contribution in [0.4, 0.5) is 4.39 Å². The summed E-state index contributed by atoms with van der Waals surface area (Å²) in [7, 11) is 0. The van der Waals surface area contributed by atoms with Gasteiger partial charge in [-0.25, -0.2) is 4.39 Å². The van der Waals surface area contributed by atoms with Gasteiger partial charge < -0.3 is 0 Å². The van der Waals surface area contributed by atoms with E-state index in [1.165, 1.54) is 18.9 Å². The molecule has 0 saturated carbocycles. The summed E-state index contributed by atoms with van der Waals surface area (Å²) < 4.78 is 13.2. The zero-order valence-electron chi connectivity index (χ0n) is 10.1. The molecule has 1 fully saturated rings. The van der Waals surface area contributed by atoms with Crippen LogP contribution in [0.3, 0.4) is 0 Å². The van der Waals surface area contributed by atoms with Crippen LogP contribution in [-0.2, 0) is 6.54 Å². The molecule has 1 unspecified atom stereocenters. The van der Waals surface area contributed by atoms with Gasteiger partial charge in [0.1, 0.15) is 11.9 Å². The number of benzene rings is 1. The molecule has 1 saturated heterocycles. The molecule has 3 heteroatoms. The van der Waals surface area contributed by atoms with E-state index in [0.717, 1.165) is 25.1 Å². The average molecular weight is 232 g/mol. The van der Waals surface area contributed by atoms with Crippen LogP contribution in [-0.4, -0.2) is 17.5 Å². The van der Waals surface area contributed by atoms with Gasteiger partial charge in [0.15, 0.2) is 0 Å². The molecule has 1 aromatic rings. The molecule has 0 radical (unpaired) electrons. The molecule has 1 aromatic carbocycles. The molecule has 2 rings (SSSR count). The molecule has 0 bridgehead atoms. The number of rotatable bonds is 3. The lowest BCUT2D eigenvalue weighted by atomic mass is 10.1. The first-order chi connectivity index (χ1) is 8.24. The van der Waals surface area contributed by atoms with Crippen LogP contribution in [0.1, 0.15) is 37.3 Å². The molecule has 0 aliphatic carbocycles. The lowest BCUT2D eigenvalue weighted by Gasteiger charge is -2.23. The van der Waals surface area contributed by atoms with Crippen LogP contribution >= 0.6 is 0 Å². The number of hydrogen-bond acceptors (Lipinski definition) is 2. The Hall–Kier alpha value is -1.40. The molecule has 17 heavy (non-hydrogen) atoms. The second-order valence-corrected chi connectivity index (χ2v) is 4.60. The third kappa shape index (κ3) is 2.65. The molecular weight excluding hydrogens is 215 g/mol. The summed E-state index contributed by atoms with van der Waals surface area (Å²) in [5.41, 5.74) is 1.18. The molecule has 2 nitrogen and oxygen atoms in total. The first-order valence-corrected chi connectivity index (χ1v) is 6.17. The summed E-state index contributed by atoms with van der Waals surface area (Å²) in [6, 6.07) is 7.38. The quantitative estimate of drug-likeness (QED) is 0.800. The predicted octanol–water partition coefficient (Wildman–Crippen LogP) is 3.07. The molecule has 0 aromatic heterocycles. The van der Waals surface area contributed by atoms with Gasteiger partial charge in [0.2, 0.25) is 0 Å². The minimum absolute atomic E-state index is 0.148. The van der Waals surface area contributed by atoms with Crippen molar-refractivity contribution in [3.8, 4) is 6.07 Å². The van der Waals surface area contributed by atoms with E-state index in [4.69, 9.17) is 5.26 Å². The van der Waals surface area contributed by atoms with Gasteiger partial charge in [-0.05, 0) is 43.5 Å². The van der Waals surface area contributed by atoms with Gasteiger partial charge in [-0.2, -0.15) is 5.26 Å². The summed E-state index contributed by atoms with van der Waals surface area (Å²) in [5, 5.41) is 8.80. The van der Waals surface area contributed by atoms with Crippen molar-refractivity contribution >= 4 is 0 Å². The van der Waals surface area contributed by atoms with Crippen molar-refractivity contribution in [3.05, 3.63) is 35.1 Å². The van der Waals surface area contributed by atoms with Crippen LogP contribution < -0.4 is 0 Å². The highest BCUT2D eigenvalue weighted by Crippen LogP contribution is 2.22. The molecular formula is C14H17FN2. The Morgan fingerprint density at radius 2 is 2.35 bits per heavy atom. The van der Waals surface area contributed by atoms with Crippen LogP contribution in [0.5, 0.6) is 0 Å². The fraction of sp³-hybridized carbons (Fsp3) is 0.500. The second kappa shape index (κ2) is 5.29. The average Bonchev–Trinajstić information content (AvgIpc) is 2.79. The smallest absolute Gasteiger partial charge is 0.140 e. The first-order valence-electron chi connectivity index (χ1n) is 6.17. The molecule has 1 aliphatic heterocycles. The Balaban J connectivity index is 2.11. The Morgan fingerprint density at radius 3 is 3.06 bits per heavy atom. The first kappa shape index (κ1) is 12.1. The minimum atomic E-state index is -0.426. The summed E-state index contributed by atoms with van der Waals surface area (Å²) in [6.07, 6.45) is 3.65. The third-order valence-corrected chi connectivity index (χ3v) is 3.51. The number of likely N-dealkylation sites (tertiary alicyclic amines) is 1. The summed E-state index contributed by atoms with van der Waals surface area (Å²) in [5.74, 6) is -0.426. The summed E-state index contributed by atoms with van der Waals surface area (Å²) >= 11 is 0. The van der Waals surface area contributed by atoms with Gasteiger partial charge in [-0.1, -0.05) is 13.0 Å². The largest absolute Gasteiger partial charge is 0.296 e. The van der Waals surface area contributed by atoms with Crippen molar-refractivity contribution in [2.45, 2.75) is 38.8 Å². The zero-order valence-corrected chi connectivity index (χ0v) is 10.1. The zero-order chi connectivity index (χ0) is 12.3. The number of hydrogen-bond donors (Lipinski definition) is 0. The van der Waals surface area contributed by atoms with E-state index in [-0.39, 0.29) is 5.56 Å². The number of nitriles is 1. The highest BCUT2D eigenvalue weighted by atomic mass is 19.1. The van der Waals surface area contributed by atoms with Gasteiger partial charge in [0.25, 0.3) is 0 Å². The van der Waals surface area contributed by atoms with Crippen molar-refractivity contribution in [3.63, 3.8) is 0 Å². The number of halogens is 1. The third-order valence-electron chi connectivity index (χ3n) is 3.51. The maximum Gasteiger partial charge on any atom is 0.140 e. The maximum atomic E-state index is 13.2. The molecule has 0 spiro atoms. The van der Waals surface area contributed by atoms with Gasteiger partial charge in [-0.3, -0.25) is 4.90 Å². The van der Waals surface area contributed by atoms with E-state index in [9.17, 15) is 4.39 Å². The maximum absolute atomic E-state index is 13.2. The lowest BCUT2D eigenvalue weighted by molar-refractivity contribution is 0.240. The van der Waals surface area contributed by atoms with Crippen LogP contribution in [0.2, 0.25) is 0 Å². The molecule has 0 amide bonds. The van der Waals surface area contributed by atoms with Crippen molar-refractivity contribution in [1.82, 2.24) is 4.90 Å². The summed E-state index contributed by atoms with van der Waals surface area (Å²) in [6.45, 7) is 4.14. The highest BCUT2D eigenvalue weighted by molar-refractivity contribution is 5.34. The van der Waals surface area contributed by atoms with E-state index in [1.807, 2.05) is 6.07 Å². The van der Waals surface area contributed by atoms with Crippen LogP contribution in [0.25, 0.3) is 0 Å². The Kier molecular flexibility index (Phi) is 3.75.